The van der Waals surface area contributed by atoms with E-state index in [0.29, 0.717) is 4.75 Å². The maximum absolute atomic E-state index is 4.82. The summed E-state index contributed by atoms with van der Waals surface area (Å²) >= 11 is 4.18. The van der Waals surface area contributed by atoms with E-state index in [2.05, 4.69) is 48.0 Å². The number of hydrogen-bond donors (Lipinski definition) is 2. The highest BCUT2D eigenvalue weighted by Crippen LogP contribution is 2.37. The van der Waals surface area contributed by atoms with Gasteiger partial charge in [-0.1, -0.05) is 0 Å². The normalized spacial score (nSPS) is 28.6. The Labute approximate surface area is 132 Å². The third-order valence-electron chi connectivity index (χ3n) is 4.12. The fourth-order valence-electron chi connectivity index (χ4n) is 2.74. The lowest BCUT2D eigenvalue weighted by molar-refractivity contribution is 0.478. The molecule has 0 aliphatic carbocycles. The third kappa shape index (κ3) is 5.40. The fourth-order valence-corrected chi connectivity index (χ4v) is 5.17. The molecule has 0 spiro atoms. The molecule has 1 atom stereocenters. The van der Waals surface area contributed by atoms with Gasteiger partial charge < -0.3 is 10.6 Å². The average molecular weight is 316 g/mol. The van der Waals surface area contributed by atoms with Gasteiger partial charge in [-0.3, -0.25) is 4.99 Å². The van der Waals surface area contributed by atoms with Gasteiger partial charge in [-0.05, 0) is 62.7 Å². The molecule has 0 saturated carbocycles. The van der Waals surface area contributed by atoms with E-state index in [9.17, 15) is 0 Å². The molecular weight excluding hydrogens is 286 g/mol. The molecule has 0 aromatic carbocycles. The third-order valence-corrected chi connectivity index (χ3v) is 6.69. The van der Waals surface area contributed by atoms with Crippen LogP contribution in [-0.2, 0) is 0 Å². The SMILES string of the molecule is CCNC(=NCC1(C)CCCS1)NCC1CCSCC1. The molecule has 116 valence electrons. The molecule has 2 N–H and O–H groups in total. The van der Waals surface area contributed by atoms with Crippen molar-refractivity contribution >= 4 is 29.5 Å². The zero-order valence-electron chi connectivity index (χ0n) is 12.9. The Hall–Kier alpha value is -0.0300. The van der Waals surface area contributed by atoms with Crippen molar-refractivity contribution in [1.29, 1.82) is 0 Å². The Balaban J connectivity index is 1.78. The molecule has 2 fully saturated rings. The molecule has 20 heavy (non-hydrogen) atoms. The lowest BCUT2D eigenvalue weighted by atomic mass is 10.0. The van der Waals surface area contributed by atoms with Crippen LogP contribution < -0.4 is 10.6 Å². The van der Waals surface area contributed by atoms with Crippen molar-refractivity contribution < 1.29 is 0 Å². The zero-order chi connectivity index (χ0) is 14.3. The molecule has 2 rings (SSSR count). The van der Waals surface area contributed by atoms with Gasteiger partial charge in [0.2, 0.25) is 0 Å². The second-order valence-electron chi connectivity index (χ2n) is 6.03. The standard InChI is InChI=1S/C15H29N3S2/c1-3-16-14(17-11-13-5-9-19-10-6-13)18-12-15(2)7-4-8-20-15/h13H,3-12H2,1-2H3,(H2,16,17,18). The lowest BCUT2D eigenvalue weighted by Crippen LogP contribution is -2.41. The van der Waals surface area contributed by atoms with Gasteiger partial charge in [-0.25, -0.2) is 0 Å². The molecule has 0 aromatic rings. The molecule has 0 amide bonds. The van der Waals surface area contributed by atoms with E-state index < -0.39 is 0 Å². The molecule has 5 heteroatoms. The van der Waals surface area contributed by atoms with Crippen molar-refractivity contribution in [3.63, 3.8) is 0 Å². The van der Waals surface area contributed by atoms with Crippen LogP contribution in [-0.4, -0.2) is 47.6 Å². The summed E-state index contributed by atoms with van der Waals surface area (Å²) in [6.45, 7) is 7.45. The smallest absolute Gasteiger partial charge is 0.191 e. The topological polar surface area (TPSA) is 36.4 Å². The lowest BCUT2D eigenvalue weighted by Gasteiger charge is -2.24. The molecule has 0 radical (unpaired) electrons. The Kier molecular flexibility index (Phi) is 6.88. The van der Waals surface area contributed by atoms with Crippen molar-refractivity contribution in [3.8, 4) is 0 Å². The Bertz CT molecular complexity index is 308. The number of rotatable bonds is 5. The van der Waals surface area contributed by atoms with Crippen LogP contribution in [0.2, 0.25) is 0 Å². The van der Waals surface area contributed by atoms with Gasteiger partial charge in [-0.15, -0.1) is 0 Å². The van der Waals surface area contributed by atoms with E-state index in [0.717, 1.165) is 31.5 Å². The van der Waals surface area contributed by atoms with E-state index in [1.54, 1.807) is 0 Å². The minimum absolute atomic E-state index is 0.365. The van der Waals surface area contributed by atoms with Crippen molar-refractivity contribution in [2.75, 3.05) is 36.9 Å². The first-order chi connectivity index (χ1) is 9.72. The summed E-state index contributed by atoms with van der Waals surface area (Å²) < 4.78 is 0.365. The number of guanidine groups is 1. The molecule has 1 unspecified atom stereocenters. The van der Waals surface area contributed by atoms with E-state index in [4.69, 9.17) is 4.99 Å². The maximum Gasteiger partial charge on any atom is 0.191 e. The Morgan fingerprint density at radius 2 is 2.05 bits per heavy atom. The van der Waals surface area contributed by atoms with Crippen molar-refractivity contribution in [1.82, 2.24) is 10.6 Å². The van der Waals surface area contributed by atoms with E-state index in [1.165, 1.54) is 42.9 Å². The Morgan fingerprint density at radius 3 is 2.70 bits per heavy atom. The number of thioether (sulfide) groups is 2. The number of aliphatic imine (C=N–C) groups is 1. The van der Waals surface area contributed by atoms with Crippen LogP contribution >= 0.6 is 23.5 Å². The van der Waals surface area contributed by atoms with Crippen LogP contribution in [0.1, 0.15) is 39.5 Å². The predicted molar refractivity (Wildman–Crippen MR) is 94.1 cm³/mol. The van der Waals surface area contributed by atoms with E-state index in [1.807, 2.05) is 0 Å². The summed E-state index contributed by atoms with van der Waals surface area (Å²) in [5.74, 6) is 5.80. The molecule has 3 nitrogen and oxygen atoms in total. The van der Waals surface area contributed by atoms with Crippen molar-refractivity contribution in [3.05, 3.63) is 0 Å². The molecule has 2 heterocycles. The molecule has 0 aromatic heterocycles. The summed E-state index contributed by atoms with van der Waals surface area (Å²) in [6.07, 6.45) is 5.36. The minimum atomic E-state index is 0.365. The second-order valence-corrected chi connectivity index (χ2v) is 8.94. The van der Waals surface area contributed by atoms with E-state index in [-0.39, 0.29) is 0 Å². The van der Waals surface area contributed by atoms with Crippen LogP contribution in [0.25, 0.3) is 0 Å². The van der Waals surface area contributed by atoms with Crippen LogP contribution in [0.4, 0.5) is 0 Å². The van der Waals surface area contributed by atoms with Gasteiger partial charge in [-0.2, -0.15) is 23.5 Å². The number of hydrogen-bond acceptors (Lipinski definition) is 3. The monoisotopic (exact) mass is 315 g/mol. The van der Waals surface area contributed by atoms with Gasteiger partial charge >= 0.3 is 0 Å². The fraction of sp³-hybridized carbons (Fsp3) is 0.933. The average Bonchev–Trinajstić information content (AvgIpc) is 2.90. The van der Waals surface area contributed by atoms with Crippen LogP contribution in [0, 0.1) is 5.92 Å². The summed E-state index contributed by atoms with van der Waals surface area (Å²) in [6, 6.07) is 0. The van der Waals surface area contributed by atoms with Gasteiger partial charge in [0.25, 0.3) is 0 Å². The summed E-state index contributed by atoms with van der Waals surface area (Å²) in [7, 11) is 0. The highest BCUT2D eigenvalue weighted by Gasteiger charge is 2.29. The van der Waals surface area contributed by atoms with Gasteiger partial charge in [0, 0.05) is 17.8 Å². The van der Waals surface area contributed by atoms with Crippen LogP contribution in [0.3, 0.4) is 0 Å². The van der Waals surface area contributed by atoms with Crippen molar-refractivity contribution in [2.24, 2.45) is 10.9 Å². The number of nitrogens with zero attached hydrogens (tertiary/aromatic N) is 1. The maximum atomic E-state index is 4.82. The summed E-state index contributed by atoms with van der Waals surface area (Å²) in [4.78, 5) is 4.82. The molecular formula is C15H29N3S2. The van der Waals surface area contributed by atoms with Gasteiger partial charge in [0.1, 0.15) is 0 Å². The molecule has 2 aliphatic rings. The molecule has 2 saturated heterocycles. The highest BCUT2D eigenvalue weighted by molar-refractivity contribution is 8.00. The summed E-state index contributed by atoms with van der Waals surface area (Å²) in [5, 5.41) is 6.94. The molecule has 0 bridgehead atoms. The number of nitrogens with one attached hydrogen (secondary N) is 2. The molecule has 2 aliphatic heterocycles. The van der Waals surface area contributed by atoms with Crippen molar-refractivity contribution in [2.45, 2.75) is 44.3 Å². The zero-order valence-corrected chi connectivity index (χ0v) is 14.5. The van der Waals surface area contributed by atoms with Crippen LogP contribution in [0.15, 0.2) is 4.99 Å². The quantitative estimate of drug-likeness (QED) is 0.604. The first-order valence-electron chi connectivity index (χ1n) is 7.96. The minimum Gasteiger partial charge on any atom is -0.357 e. The van der Waals surface area contributed by atoms with Gasteiger partial charge in [0.05, 0.1) is 6.54 Å². The predicted octanol–water partition coefficient (Wildman–Crippen LogP) is 2.97. The van der Waals surface area contributed by atoms with Crippen LogP contribution in [0.5, 0.6) is 0 Å². The highest BCUT2D eigenvalue weighted by atomic mass is 32.2. The van der Waals surface area contributed by atoms with Gasteiger partial charge in [0.15, 0.2) is 5.96 Å². The van der Waals surface area contributed by atoms with E-state index >= 15 is 0 Å². The summed E-state index contributed by atoms with van der Waals surface area (Å²) in [5.41, 5.74) is 0. The second kappa shape index (κ2) is 8.42. The first-order valence-corrected chi connectivity index (χ1v) is 10.1. The Morgan fingerprint density at radius 1 is 1.25 bits per heavy atom. The largest absolute Gasteiger partial charge is 0.357 e. The first kappa shape index (κ1) is 16.3.